The van der Waals surface area contributed by atoms with Gasteiger partial charge < -0.3 is 10.0 Å². The second kappa shape index (κ2) is 6.83. The number of likely N-dealkylation sites (tertiary alicyclic amines) is 2. The quantitative estimate of drug-likeness (QED) is 0.881. The molecule has 144 valence electrons. The maximum atomic E-state index is 11.4. The minimum atomic E-state index is -0.779. The van der Waals surface area contributed by atoms with Gasteiger partial charge in [-0.3, -0.25) is 4.90 Å². The SMILES string of the molecule is CCC12CN(C(=O)O)CCC1N(C1CCC(C#N)(c3ccccc3)CC1)C2. The van der Waals surface area contributed by atoms with E-state index in [4.69, 9.17) is 0 Å². The fourth-order valence-corrected chi connectivity index (χ4v) is 5.84. The molecule has 2 aliphatic heterocycles. The molecule has 2 unspecified atom stereocenters. The summed E-state index contributed by atoms with van der Waals surface area (Å²) in [6.45, 7) is 4.54. The molecular weight excluding hydrogens is 338 g/mol. The van der Waals surface area contributed by atoms with Gasteiger partial charge in [-0.15, -0.1) is 0 Å². The van der Waals surface area contributed by atoms with E-state index in [0.29, 0.717) is 25.2 Å². The lowest BCUT2D eigenvalue weighted by Crippen LogP contribution is -2.73. The number of carbonyl (C=O) groups is 1. The van der Waals surface area contributed by atoms with Crippen LogP contribution in [0.25, 0.3) is 0 Å². The van der Waals surface area contributed by atoms with E-state index in [-0.39, 0.29) is 10.8 Å². The third-order valence-corrected chi connectivity index (χ3v) is 7.58. The molecule has 2 heterocycles. The average molecular weight is 367 g/mol. The second-order valence-electron chi connectivity index (χ2n) is 8.69. The Bertz CT molecular complexity index is 736. The molecule has 27 heavy (non-hydrogen) atoms. The number of nitriles is 1. The van der Waals surface area contributed by atoms with Crippen LogP contribution in [0.5, 0.6) is 0 Å². The van der Waals surface area contributed by atoms with Crippen molar-refractivity contribution >= 4 is 6.09 Å². The van der Waals surface area contributed by atoms with Gasteiger partial charge in [0.25, 0.3) is 0 Å². The van der Waals surface area contributed by atoms with Gasteiger partial charge >= 0.3 is 6.09 Å². The predicted octanol–water partition coefficient (Wildman–Crippen LogP) is 3.85. The maximum absolute atomic E-state index is 11.4. The van der Waals surface area contributed by atoms with Crippen LogP contribution in [0.2, 0.25) is 0 Å². The number of carboxylic acid groups (broad SMARTS) is 1. The van der Waals surface area contributed by atoms with E-state index in [9.17, 15) is 15.2 Å². The molecule has 1 saturated carbocycles. The second-order valence-corrected chi connectivity index (χ2v) is 8.69. The van der Waals surface area contributed by atoms with Crippen LogP contribution >= 0.6 is 0 Å². The topological polar surface area (TPSA) is 67.6 Å². The third kappa shape index (κ3) is 2.91. The molecule has 0 bridgehead atoms. The third-order valence-electron chi connectivity index (χ3n) is 7.58. The van der Waals surface area contributed by atoms with E-state index in [1.54, 1.807) is 4.90 Å². The summed E-state index contributed by atoms with van der Waals surface area (Å²) in [6, 6.07) is 13.9. The lowest BCUT2D eigenvalue weighted by atomic mass is 9.63. The number of nitrogens with zero attached hydrogens (tertiary/aromatic N) is 3. The molecule has 1 aromatic rings. The summed E-state index contributed by atoms with van der Waals surface area (Å²) >= 11 is 0. The molecular formula is C22H29N3O2. The van der Waals surface area contributed by atoms with Gasteiger partial charge in [-0.25, -0.2) is 4.79 Å². The lowest BCUT2D eigenvalue weighted by molar-refractivity contribution is -0.146. The van der Waals surface area contributed by atoms with E-state index in [1.165, 1.54) is 0 Å². The molecule has 1 N–H and O–H groups in total. The minimum Gasteiger partial charge on any atom is -0.465 e. The molecule has 1 aromatic carbocycles. The van der Waals surface area contributed by atoms with Crippen molar-refractivity contribution < 1.29 is 9.90 Å². The van der Waals surface area contributed by atoms with Crippen molar-refractivity contribution in [3.63, 3.8) is 0 Å². The summed E-state index contributed by atoms with van der Waals surface area (Å²) in [5.74, 6) is 0. The van der Waals surface area contributed by atoms with Gasteiger partial charge in [0.05, 0.1) is 11.5 Å². The summed E-state index contributed by atoms with van der Waals surface area (Å²) in [4.78, 5) is 15.6. The highest BCUT2D eigenvalue weighted by Crippen LogP contribution is 2.50. The highest BCUT2D eigenvalue weighted by Gasteiger charge is 2.57. The van der Waals surface area contributed by atoms with Crippen LogP contribution in [0, 0.1) is 16.7 Å². The van der Waals surface area contributed by atoms with E-state index in [2.05, 4.69) is 30.0 Å². The lowest BCUT2D eigenvalue weighted by Gasteiger charge is -2.64. The van der Waals surface area contributed by atoms with Gasteiger partial charge in [0, 0.05) is 37.1 Å². The fourth-order valence-electron chi connectivity index (χ4n) is 5.84. The summed E-state index contributed by atoms with van der Waals surface area (Å²) in [5.41, 5.74) is 0.962. The van der Waals surface area contributed by atoms with Crippen molar-refractivity contribution in [1.82, 2.24) is 9.80 Å². The Hall–Kier alpha value is -2.06. The van der Waals surface area contributed by atoms with Gasteiger partial charge in [-0.2, -0.15) is 5.26 Å². The molecule has 1 aliphatic carbocycles. The molecule has 2 atom stereocenters. The first-order valence-corrected chi connectivity index (χ1v) is 10.2. The van der Waals surface area contributed by atoms with Crippen LogP contribution in [-0.2, 0) is 5.41 Å². The Labute approximate surface area is 161 Å². The number of rotatable bonds is 3. The van der Waals surface area contributed by atoms with Crippen LogP contribution < -0.4 is 0 Å². The number of amides is 1. The molecule has 4 rings (SSSR count). The van der Waals surface area contributed by atoms with Gasteiger partial charge in [0.1, 0.15) is 0 Å². The van der Waals surface area contributed by atoms with Crippen molar-refractivity contribution in [3.05, 3.63) is 35.9 Å². The number of piperidine rings is 1. The van der Waals surface area contributed by atoms with Gasteiger partial charge in [0.2, 0.25) is 0 Å². The molecule has 1 amide bonds. The van der Waals surface area contributed by atoms with Gasteiger partial charge in [-0.05, 0) is 44.1 Å². The fraction of sp³-hybridized carbons (Fsp3) is 0.636. The van der Waals surface area contributed by atoms with Crippen LogP contribution in [0.4, 0.5) is 4.79 Å². The highest BCUT2D eigenvalue weighted by molar-refractivity contribution is 5.65. The summed E-state index contributed by atoms with van der Waals surface area (Å²) < 4.78 is 0. The Morgan fingerprint density at radius 3 is 2.52 bits per heavy atom. The zero-order chi connectivity index (χ0) is 19.1. The number of hydrogen-bond acceptors (Lipinski definition) is 3. The zero-order valence-corrected chi connectivity index (χ0v) is 16.1. The van der Waals surface area contributed by atoms with Crippen molar-refractivity contribution in [2.75, 3.05) is 19.6 Å². The van der Waals surface area contributed by atoms with E-state index >= 15 is 0 Å². The van der Waals surface area contributed by atoms with Crippen LogP contribution in [0.15, 0.2) is 30.3 Å². The molecule has 0 aromatic heterocycles. The first kappa shape index (κ1) is 18.3. The molecule has 5 nitrogen and oxygen atoms in total. The smallest absolute Gasteiger partial charge is 0.407 e. The Morgan fingerprint density at radius 2 is 1.93 bits per heavy atom. The van der Waals surface area contributed by atoms with Crippen LogP contribution in [-0.4, -0.2) is 52.7 Å². The standard InChI is InChI=1S/C22H29N3O2/c1-2-21-15-24(20(26)27)13-10-19(21)25(16-21)18-8-11-22(14-23,12-9-18)17-6-4-3-5-7-17/h3-7,18-19H,2,8-13,15-16H2,1H3,(H,26,27). The van der Waals surface area contributed by atoms with Crippen molar-refractivity contribution in [2.45, 2.75) is 62.9 Å². The number of benzene rings is 1. The van der Waals surface area contributed by atoms with Gasteiger partial charge in [-0.1, -0.05) is 37.3 Å². The summed E-state index contributed by atoms with van der Waals surface area (Å²) in [6.07, 6.45) is 5.15. The summed E-state index contributed by atoms with van der Waals surface area (Å²) in [5, 5.41) is 19.3. The first-order valence-electron chi connectivity index (χ1n) is 10.2. The zero-order valence-electron chi connectivity index (χ0n) is 16.1. The maximum Gasteiger partial charge on any atom is 0.407 e. The molecule has 3 aliphatic rings. The van der Waals surface area contributed by atoms with Gasteiger partial charge in [0.15, 0.2) is 0 Å². The van der Waals surface area contributed by atoms with Crippen molar-refractivity contribution in [1.29, 1.82) is 5.26 Å². The largest absolute Gasteiger partial charge is 0.465 e. The molecule has 3 fully saturated rings. The van der Waals surface area contributed by atoms with E-state index in [1.807, 2.05) is 18.2 Å². The van der Waals surface area contributed by atoms with E-state index < -0.39 is 6.09 Å². The summed E-state index contributed by atoms with van der Waals surface area (Å²) in [7, 11) is 0. The first-order chi connectivity index (χ1) is 13.0. The Morgan fingerprint density at radius 1 is 1.22 bits per heavy atom. The normalized spacial score (nSPS) is 36.4. The average Bonchev–Trinajstić information content (AvgIpc) is 2.70. The van der Waals surface area contributed by atoms with Crippen LogP contribution in [0.1, 0.15) is 51.0 Å². The minimum absolute atomic E-state index is 0.139. The van der Waals surface area contributed by atoms with Crippen molar-refractivity contribution in [3.8, 4) is 6.07 Å². The molecule has 2 saturated heterocycles. The Balaban J connectivity index is 1.43. The monoisotopic (exact) mass is 367 g/mol. The van der Waals surface area contributed by atoms with E-state index in [0.717, 1.165) is 50.6 Å². The molecule has 5 heteroatoms. The highest BCUT2D eigenvalue weighted by atomic mass is 16.4. The number of fused-ring (bicyclic) bond motifs is 1. The van der Waals surface area contributed by atoms with Crippen LogP contribution in [0.3, 0.4) is 0 Å². The molecule has 0 spiro atoms. The Kier molecular flexibility index (Phi) is 4.63. The van der Waals surface area contributed by atoms with Crippen molar-refractivity contribution in [2.24, 2.45) is 5.41 Å². The molecule has 0 radical (unpaired) electrons. The number of hydrogen-bond donors (Lipinski definition) is 1. The predicted molar refractivity (Wildman–Crippen MR) is 103 cm³/mol.